The summed E-state index contributed by atoms with van der Waals surface area (Å²) in [6.07, 6.45) is 0. The number of aliphatic hydroxyl groups is 1. The van der Waals surface area contributed by atoms with Crippen molar-refractivity contribution < 1.29 is 5.11 Å². The Hall–Kier alpha value is 0.134. The van der Waals surface area contributed by atoms with Crippen molar-refractivity contribution in [2.45, 2.75) is 58.7 Å². The van der Waals surface area contributed by atoms with Crippen LogP contribution in [0.4, 0.5) is 0 Å². The van der Waals surface area contributed by atoms with Gasteiger partial charge in [0.2, 0.25) is 0 Å². The second-order valence-electron chi connectivity index (χ2n) is 6.73. The first-order chi connectivity index (χ1) is 5.84. The van der Waals surface area contributed by atoms with Crippen molar-refractivity contribution in [3.8, 4) is 0 Å². The quantitative estimate of drug-likeness (QED) is 0.737. The molecular weight excluding hydrogens is 204 g/mol. The molecule has 0 radical (unpaired) electrons. The Bertz CT molecular complexity index is 207. The smallest absolute Gasteiger partial charge is 0.0762 e. The van der Waals surface area contributed by atoms with Crippen molar-refractivity contribution in [3.63, 3.8) is 0 Å². The molecule has 0 heterocycles. The first kappa shape index (κ1) is 14.1. The fourth-order valence-electron chi connectivity index (χ4n) is 1.74. The van der Waals surface area contributed by atoms with E-state index >= 15 is 0 Å². The molecule has 0 unspecified atom stereocenters. The highest BCUT2D eigenvalue weighted by molar-refractivity contribution is 6.88. The van der Waals surface area contributed by atoms with Gasteiger partial charge in [-0.15, -0.1) is 0 Å². The molecule has 3 heteroatoms. The van der Waals surface area contributed by atoms with Crippen LogP contribution in [-0.4, -0.2) is 26.9 Å². The Morgan fingerprint density at radius 2 is 1.36 bits per heavy atom. The van der Waals surface area contributed by atoms with Crippen molar-refractivity contribution in [1.82, 2.24) is 0 Å². The molecule has 1 nitrogen and oxygen atoms in total. The molecule has 0 saturated heterocycles. The monoisotopic (exact) mass is 230 g/mol. The van der Waals surface area contributed by atoms with E-state index < -0.39 is 21.7 Å². The van der Waals surface area contributed by atoms with Gasteiger partial charge in [-0.05, 0) is 13.8 Å². The summed E-state index contributed by atoms with van der Waals surface area (Å²) in [4.78, 5) is 0. The van der Waals surface area contributed by atoms with Gasteiger partial charge in [0.25, 0.3) is 0 Å². The van der Waals surface area contributed by atoms with Crippen LogP contribution in [0.25, 0.3) is 0 Å². The van der Waals surface area contributed by atoms with E-state index in [0.717, 1.165) is 0 Å². The third kappa shape index (κ3) is 5.12. The molecule has 0 aromatic heterocycles. The zero-order valence-electron chi connectivity index (χ0n) is 11.0. The minimum atomic E-state index is -1.39. The van der Waals surface area contributed by atoms with Gasteiger partial charge >= 0.3 is 0 Å². The molecule has 0 aliphatic carbocycles. The summed E-state index contributed by atoms with van der Waals surface area (Å²) in [5, 5.41) is 11.5. The molecule has 1 N–H and O–H groups in total. The molecule has 0 fully saturated rings. The standard InChI is InChI=1S/C11H26OSi2/c1-11(2,12)10(14(6,7)8)9-13(3,4)5/h9,12H,1-8H3. The Labute approximate surface area is 91.3 Å². The predicted octanol–water partition coefficient (Wildman–Crippen LogP) is 3.44. The lowest BCUT2D eigenvalue weighted by molar-refractivity contribution is 0.127. The van der Waals surface area contributed by atoms with E-state index in [-0.39, 0.29) is 0 Å². The first-order valence-electron chi connectivity index (χ1n) is 5.30. The van der Waals surface area contributed by atoms with Crippen LogP contribution in [0.5, 0.6) is 0 Å². The van der Waals surface area contributed by atoms with Crippen LogP contribution in [-0.2, 0) is 0 Å². The van der Waals surface area contributed by atoms with Crippen LogP contribution < -0.4 is 0 Å². The van der Waals surface area contributed by atoms with Gasteiger partial charge in [0, 0.05) is 0 Å². The van der Waals surface area contributed by atoms with Crippen LogP contribution in [0.3, 0.4) is 0 Å². The van der Waals surface area contributed by atoms with Crippen LogP contribution in [0.15, 0.2) is 10.9 Å². The third-order valence-electron chi connectivity index (χ3n) is 2.04. The normalized spacial score (nSPS) is 15.9. The highest BCUT2D eigenvalue weighted by Crippen LogP contribution is 2.28. The number of hydrogen-bond acceptors (Lipinski definition) is 1. The SMILES string of the molecule is CC(C)(O)C(=C[Si](C)(C)C)[Si](C)(C)C. The van der Waals surface area contributed by atoms with Crippen LogP contribution in [0, 0.1) is 0 Å². The summed E-state index contributed by atoms with van der Waals surface area (Å²) in [6, 6.07) is 0. The molecule has 0 amide bonds. The second kappa shape index (κ2) is 3.95. The van der Waals surface area contributed by atoms with Gasteiger partial charge in [-0.2, -0.15) is 0 Å². The molecule has 0 spiro atoms. The van der Waals surface area contributed by atoms with Crippen LogP contribution >= 0.6 is 0 Å². The van der Waals surface area contributed by atoms with E-state index in [1.54, 1.807) is 0 Å². The number of rotatable bonds is 3. The van der Waals surface area contributed by atoms with Gasteiger partial charge in [0.05, 0.1) is 21.7 Å². The van der Waals surface area contributed by atoms with E-state index in [1.807, 2.05) is 13.8 Å². The lowest BCUT2D eigenvalue weighted by atomic mass is 10.1. The molecule has 0 bridgehead atoms. The molecule has 0 aromatic rings. The summed E-state index contributed by atoms with van der Waals surface area (Å²) in [6.45, 7) is 17.7. The summed E-state index contributed by atoms with van der Waals surface area (Å²) in [7, 11) is -2.61. The Balaban J connectivity index is 5.26. The van der Waals surface area contributed by atoms with E-state index in [1.165, 1.54) is 5.20 Å². The highest BCUT2D eigenvalue weighted by atomic mass is 28.3. The summed E-state index contributed by atoms with van der Waals surface area (Å²) in [5.41, 5.74) is 1.75. The fraction of sp³-hybridized carbons (Fsp3) is 0.818. The third-order valence-corrected chi connectivity index (χ3v) is 5.86. The molecule has 0 rings (SSSR count). The number of hydrogen-bond donors (Lipinski definition) is 1. The topological polar surface area (TPSA) is 20.2 Å². The van der Waals surface area contributed by atoms with Crippen molar-refractivity contribution in [3.05, 3.63) is 10.9 Å². The zero-order valence-corrected chi connectivity index (χ0v) is 13.0. The lowest BCUT2D eigenvalue weighted by Crippen LogP contribution is -2.40. The molecule has 14 heavy (non-hydrogen) atoms. The maximum Gasteiger partial charge on any atom is 0.0762 e. The van der Waals surface area contributed by atoms with Gasteiger partial charge < -0.3 is 5.11 Å². The first-order valence-corrected chi connectivity index (χ1v) is 12.4. The van der Waals surface area contributed by atoms with E-state index in [2.05, 4.69) is 45.0 Å². The molecule has 0 atom stereocenters. The average Bonchev–Trinajstić information content (AvgIpc) is 1.75. The van der Waals surface area contributed by atoms with E-state index in [9.17, 15) is 5.11 Å². The maximum atomic E-state index is 10.2. The van der Waals surface area contributed by atoms with Crippen molar-refractivity contribution in [1.29, 1.82) is 0 Å². The maximum absolute atomic E-state index is 10.2. The van der Waals surface area contributed by atoms with E-state index in [0.29, 0.717) is 0 Å². The Morgan fingerprint density at radius 1 is 1.00 bits per heavy atom. The fourth-order valence-corrected chi connectivity index (χ4v) is 7.83. The Kier molecular flexibility index (Phi) is 3.98. The van der Waals surface area contributed by atoms with E-state index in [4.69, 9.17) is 0 Å². The molecule has 84 valence electrons. The second-order valence-corrected chi connectivity index (χ2v) is 16.8. The molecular formula is C11H26OSi2. The predicted molar refractivity (Wildman–Crippen MR) is 71.1 cm³/mol. The minimum Gasteiger partial charge on any atom is -0.387 e. The van der Waals surface area contributed by atoms with Gasteiger partial charge in [-0.3, -0.25) is 0 Å². The van der Waals surface area contributed by atoms with Crippen LogP contribution in [0.1, 0.15) is 13.8 Å². The molecule has 0 aromatic carbocycles. The van der Waals surface area contributed by atoms with Gasteiger partial charge in [0.15, 0.2) is 0 Å². The lowest BCUT2D eigenvalue weighted by Gasteiger charge is -2.33. The van der Waals surface area contributed by atoms with Crippen LogP contribution in [0.2, 0.25) is 39.3 Å². The average molecular weight is 230 g/mol. The molecule has 0 saturated carbocycles. The molecule has 0 aliphatic rings. The summed E-state index contributed by atoms with van der Waals surface area (Å²) >= 11 is 0. The van der Waals surface area contributed by atoms with Gasteiger partial charge in [-0.25, -0.2) is 0 Å². The Morgan fingerprint density at radius 3 is 1.43 bits per heavy atom. The van der Waals surface area contributed by atoms with Gasteiger partial charge in [0.1, 0.15) is 0 Å². The van der Waals surface area contributed by atoms with Crippen molar-refractivity contribution in [2.24, 2.45) is 0 Å². The van der Waals surface area contributed by atoms with Crippen molar-refractivity contribution >= 4 is 16.1 Å². The largest absolute Gasteiger partial charge is 0.387 e. The minimum absolute atomic E-state index is 0.634. The van der Waals surface area contributed by atoms with Crippen molar-refractivity contribution in [2.75, 3.05) is 0 Å². The summed E-state index contributed by atoms with van der Waals surface area (Å²) in [5.74, 6) is 0. The zero-order chi connectivity index (χ0) is 11.8. The molecule has 0 aliphatic heterocycles. The highest BCUT2D eigenvalue weighted by Gasteiger charge is 2.32. The van der Waals surface area contributed by atoms with Gasteiger partial charge in [-0.1, -0.05) is 50.2 Å². The summed E-state index contributed by atoms with van der Waals surface area (Å²) < 4.78 is 0.